The number of hydrogen-bond donors (Lipinski definition) is 1. The summed E-state index contributed by atoms with van der Waals surface area (Å²) in [4.78, 5) is 13.1. The molecule has 1 fully saturated rings. The van der Waals surface area contributed by atoms with Gasteiger partial charge in [0.1, 0.15) is 5.75 Å². The van der Waals surface area contributed by atoms with Crippen LogP contribution in [0.1, 0.15) is 12.8 Å². The van der Waals surface area contributed by atoms with Crippen molar-refractivity contribution in [1.82, 2.24) is 0 Å². The third-order valence-electron chi connectivity index (χ3n) is 3.21. The lowest BCUT2D eigenvalue weighted by molar-refractivity contribution is -0.141. The van der Waals surface area contributed by atoms with E-state index in [0.717, 1.165) is 30.8 Å². The van der Waals surface area contributed by atoms with Crippen LogP contribution in [-0.4, -0.2) is 31.3 Å². The molecule has 4 nitrogen and oxygen atoms in total. The molecule has 17 heavy (non-hydrogen) atoms. The lowest BCUT2D eigenvalue weighted by Gasteiger charge is -2.32. The Morgan fingerprint density at radius 1 is 1.41 bits per heavy atom. The van der Waals surface area contributed by atoms with E-state index in [-0.39, 0.29) is 5.92 Å². The van der Waals surface area contributed by atoms with Crippen LogP contribution in [0.2, 0.25) is 0 Å². The molecule has 1 aliphatic heterocycles. The highest BCUT2D eigenvalue weighted by atomic mass is 16.5. The Hall–Kier alpha value is -1.71. The Morgan fingerprint density at radius 2 is 2.12 bits per heavy atom. The molecule has 1 aliphatic rings. The SMILES string of the molecule is COc1ccc(N2CCC[C@@H](C(=O)O)C2)cc1. The zero-order valence-corrected chi connectivity index (χ0v) is 9.93. The molecule has 0 saturated carbocycles. The van der Waals surface area contributed by atoms with Crippen LogP contribution in [0.4, 0.5) is 5.69 Å². The standard InChI is InChI=1S/C13H17NO3/c1-17-12-6-4-11(5-7-12)14-8-2-3-10(9-14)13(15)16/h4-7,10H,2-3,8-9H2,1H3,(H,15,16)/t10-/m1/s1. The lowest BCUT2D eigenvalue weighted by Crippen LogP contribution is -2.38. The van der Waals surface area contributed by atoms with E-state index in [1.54, 1.807) is 7.11 Å². The second kappa shape index (κ2) is 5.08. The summed E-state index contributed by atoms with van der Waals surface area (Å²) in [6.07, 6.45) is 1.71. The first-order valence-corrected chi connectivity index (χ1v) is 5.82. The van der Waals surface area contributed by atoms with Crippen LogP contribution < -0.4 is 9.64 Å². The number of aliphatic carboxylic acids is 1. The number of carboxylic acid groups (broad SMARTS) is 1. The molecular weight excluding hydrogens is 218 g/mol. The van der Waals surface area contributed by atoms with E-state index in [2.05, 4.69) is 4.90 Å². The van der Waals surface area contributed by atoms with E-state index in [9.17, 15) is 4.79 Å². The fraction of sp³-hybridized carbons (Fsp3) is 0.462. The minimum absolute atomic E-state index is 0.245. The number of hydrogen-bond acceptors (Lipinski definition) is 3. The molecule has 0 spiro atoms. The highest BCUT2D eigenvalue weighted by Crippen LogP contribution is 2.25. The molecule has 0 unspecified atom stereocenters. The average molecular weight is 235 g/mol. The van der Waals surface area contributed by atoms with Gasteiger partial charge in [0.25, 0.3) is 0 Å². The number of piperidine rings is 1. The zero-order chi connectivity index (χ0) is 12.3. The normalized spacial score (nSPS) is 20.1. The molecule has 1 aromatic carbocycles. The Kier molecular flexibility index (Phi) is 3.52. The first kappa shape index (κ1) is 11.8. The Balaban J connectivity index is 2.08. The second-order valence-electron chi connectivity index (χ2n) is 4.32. The van der Waals surface area contributed by atoms with Crippen molar-refractivity contribution in [2.45, 2.75) is 12.8 Å². The summed E-state index contributed by atoms with van der Waals surface area (Å²) in [6, 6.07) is 7.76. The fourth-order valence-electron chi connectivity index (χ4n) is 2.21. The molecule has 92 valence electrons. The molecule has 1 heterocycles. The summed E-state index contributed by atoms with van der Waals surface area (Å²) in [6.45, 7) is 1.53. The van der Waals surface area contributed by atoms with Gasteiger partial charge < -0.3 is 14.7 Å². The predicted molar refractivity (Wildman–Crippen MR) is 65.6 cm³/mol. The van der Waals surface area contributed by atoms with Crippen molar-refractivity contribution in [2.24, 2.45) is 5.92 Å². The Bertz CT molecular complexity index is 388. The van der Waals surface area contributed by atoms with Gasteiger partial charge in [0.2, 0.25) is 0 Å². The number of carboxylic acids is 1. The molecule has 1 N–H and O–H groups in total. The highest BCUT2D eigenvalue weighted by Gasteiger charge is 2.25. The Labute approximate surface area is 101 Å². The van der Waals surface area contributed by atoms with Gasteiger partial charge in [-0.3, -0.25) is 4.79 Å². The number of anilines is 1. The predicted octanol–water partition coefficient (Wildman–Crippen LogP) is 2.00. The minimum Gasteiger partial charge on any atom is -0.497 e. The third-order valence-corrected chi connectivity index (χ3v) is 3.21. The molecule has 0 aromatic heterocycles. The molecule has 0 radical (unpaired) electrons. The summed E-state index contributed by atoms with van der Waals surface area (Å²) in [5.74, 6) is -0.116. The van der Waals surface area contributed by atoms with E-state index in [4.69, 9.17) is 9.84 Å². The van der Waals surface area contributed by atoms with Gasteiger partial charge in [-0.2, -0.15) is 0 Å². The van der Waals surface area contributed by atoms with E-state index < -0.39 is 5.97 Å². The van der Waals surface area contributed by atoms with Crippen LogP contribution >= 0.6 is 0 Å². The largest absolute Gasteiger partial charge is 0.497 e. The molecule has 1 saturated heterocycles. The van der Waals surface area contributed by atoms with Crippen molar-refractivity contribution < 1.29 is 14.6 Å². The van der Waals surface area contributed by atoms with Crippen LogP contribution in [0.5, 0.6) is 5.75 Å². The quantitative estimate of drug-likeness (QED) is 0.870. The molecule has 4 heteroatoms. The molecule has 0 aliphatic carbocycles. The monoisotopic (exact) mass is 235 g/mol. The van der Waals surface area contributed by atoms with Crippen molar-refractivity contribution in [3.05, 3.63) is 24.3 Å². The van der Waals surface area contributed by atoms with E-state index >= 15 is 0 Å². The van der Waals surface area contributed by atoms with Gasteiger partial charge in [-0.25, -0.2) is 0 Å². The van der Waals surface area contributed by atoms with E-state index in [1.807, 2.05) is 24.3 Å². The maximum Gasteiger partial charge on any atom is 0.308 e. The molecule has 1 aromatic rings. The van der Waals surface area contributed by atoms with Gasteiger partial charge in [-0.15, -0.1) is 0 Å². The van der Waals surface area contributed by atoms with E-state index in [1.165, 1.54) is 0 Å². The molecular formula is C13H17NO3. The number of methoxy groups -OCH3 is 1. The lowest BCUT2D eigenvalue weighted by atomic mass is 9.98. The summed E-state index contributed by atoms with van der Waals surface area (Å²) >= 11 is 0. The zero-order valence-electron chi connectivity index (χ0n) is 9.93. The van der Waals surface area contributed by atoms with E-state index in [0.29, 0.717) is 6.54 Å². The van der Waals surface area contributed by atoms with Crippen LogP contribution in [0.3, 0.4) is 0 Å². The van der Waals surface area contributed by atoms with Crippen molar-refractivity contribution in [3.63, 3.8) is 0 Å². The van der Waals surface area contributed by atoms with Crippen molar-refractivity contribution in [3.8, 4) is 5.75 Å². The van der Waals surface area contributed by atoms with Gasteiger partial charge in [0, 0.05) is 18.8 Å². The topological polar surface area (TPSA) is 49.8 Å². The first-order chi connectivity index (χ1) is 8.20. The number of nitrogens with zero attached hydrogens (tertiary/aromatic N) is 1. The van der Waals surface area contributed by atoms with Crippen LogP contribution in [0.15, 0.2) is 24.3 Å². The van der Waals surface area contributed by atoms with Gasteiger partial charge in [0.05, 0.1) is 13.0 Å². The van der Waals surface area contributed by atoms with Gasteiger partial charge in [-0.1, -0.05) is 0 Å². The summed E-state index contributed by atoms with van der Waals surface area (Å²) in [5, 5.41) is 9.04. The van der Waals surface area contributed by atoms with Crippen LogP contribution in [0, 0.1) is 5.92 Å². The van der Waals surface area contributed by atoms with Gasteiger partial charge >= 0.3 is 5.97 Å². The fourth-order valence-corrected chi connectivity index (χ4v) is 2.21. The molecule has 2 rings (SSSR count). The highest BCUT2D eigenvalue weighted by molar-refractivity contribution is 5.71. The van der Waals surface area contributed by atoms with Gasteiger partial charge in [-0.05, 0) is 37.1 Å². The maximum atomic E-state index is 11.0. The molecule has 0 bridgehead atoms. The average Bonchev–Trinajstić information content (AvgIpc) is 2.39. The molecule has 1 atom stereocenters. The van der Waals surface area contributed by atoms with Crippen molar-refractivity contribution in [1.29, 1.82) is 0 Å². The smallest absolute Gasteiger partial charge is 0.308 e. The summed E-state index contributed by atoms with van der Waals surface area (Å²) in [7, 11) is 1.64. The van der Waals surface area contributed by atoms with Crippen LogP contribution in [-0.2, 0) is 4.79 Å². The van der Waals surface area contributed by atoms with Crippen molar-refractivity contribution >= 4 is 11.7 Å². The minimum atomic E-state index is -0.691. The number of benzene rings is 1. The Morgan fingerprint density at radius 3 is 2.71 bits per heavy atom. The van der Waals surface area contributed by atoms with Gasteiger partial charge in [0.15, 0.2) is 0 Å². The maximum absolute atomic E-state index is 11.0. The van der Waals surface area contributed by atoms with Crippen LogP contribution in [0.25, 0.3) is 0 Å². The summed E-state index contributed by atoms with van der Waals surface area (Å²) < 4.78 is 5.10. The van der Waals surface area contributed by atoms with Crippen molar-refractivity contribution in [2.75, 3.05) is 25.1 Å². The number of ether oxygens (including phenoxy) is 1. The summed E-state index contributed by atoms with van der Waals surface area (Å²) in [5.41, 5.74) is 1.07. The number of rotatable bonds is 3. The first-order valence-electron chi connectivity index (χ1n) is 5.82. The second-order valence-corrected chi connectivity index (χ2v) is 4.32. The number of carbonyl (C=O) groups is 1. The third kappa shape index (κ3) is 2.70. The molecule has 0 amide bonds.